The Kier molecular flexibility index (Phi) is 6.94. The number of benzene rings is 4. The van der Waals surface area contributed by atoms with Gasteiger partial charge in [0, 0.05) is 0 Å². The molecular weight excluding hydrogens is 560 g/mol. The molecular formula is C30H26N4O5S2. The molecule has 1 aliphatic rings. The van der Waals surface area contributed by atoms with Crippen molar-refractivity contribution in [1.82, 2.24) is 19.4 Å². The summed E-state index contributed by atoms with van der Waals surface area (Å²) < 4.78 is 56.5. The number of amides is 1. The third kappa shape index (κ3) is 5.64. The summed E-state index contributed by atoms with van der Waals surface area (Å²) in [5.74, 6) is -0.0804. The molecule has 0 saturated carbocycles. The average Bonchev–Trinajstić information content (AvgIpc) is 3.53. The Morgan fingerprint density at radius 3 is 2.17 bits per heavy atom. The van der Waals surface area contributed by atoms with Crippen LogP contribution in [0, 0.1) is 0 Å². The average molecular weight is 587 g/mol. The Hall–Kier alpha value is -4.32. The number of sulfonamides is 2. The number of rotatable bonds is 8. The lowest BCUT2D eigenvalue weighted by Gasteiger charge is -2.18. The van der Waals surface area contributed by atoms with Crippen molar-refractivity contribution in [3.05, 3.63) is 120 Å². The van der Waals surface area contributed by atoms with E-state index >= 15 is 0 Å². The fourth-order valence-electron chi connectivity index (χ4n) is 4.99. The standard InChI is InChI=1S/C30H26N4O5S2/c35-29-19-28(41(38,39)34-29)23-12-10-20(11-13-23)18-27(30-31-25-8-4-5-9-26(25)32-30)33-40(36,37)24-16-14-22(15-17-24)21-6-2-1-3-7-21/h1-17,27-28,33H,18-19H2,(H,31,32)(H,34,35)/t27-,28?/m0/s1. The molecule has 1 aliphatic heterocycles. The van der Waals surface area contributed by atoms with E-state index in [0.717, 1.165) is 22.2 Å². The van der Waals surface area contributed by atoms with Crippen molar-refractivity contribution >= 4 is 37.0 Å². The van der Waals surface area contributed by atoms with Crippen LogP contribution in [0.3, 0.4) is 0 Å². The number of carbonyl (C=O) groups is 1. The Bertz CT molecular complexity index is 1910. The molecule has 1 amide bonds. The molecule has 0 radical (unpaired) electrons. The lowest BCUT2D eigenvalue weighted by atomic mass is 10.0. The van der Waals surface area contributed by atoms with Gasteiger partial charge in [-0.1, -0.05) is 78.9 Å². The quantitative estimate of drug-likeness (QED) is 0.247. The van der Waals surface area contributed by atoms with Crippen LogP contribution in [0.2, 0.25) is 0 Å². The molecule has 2 heterocycles. The van der Waals surface area contributed by atoms with E-state index in [4.69, 9.17) is 0 Å². The number of imidazole rings is 1. The predicted molar refractivity (Wildman–Crippen MR) is 156 cm³/mol. The van der Waals surface area contributed by atoms with Crippen LogP contribution in [0.25, 0.3) is 22.2 Å². The minimum atomic E-state index is -3.94. The van der Waals surface area contributed by atoms with Crippen molar-refractivity contribution in [1.29, 1.82) is 0 Å². The number of hydrogen-bond donors (Lipinski definition) is 3. The lowest BCUT2D eigenvalue weighted by molar-refractivity contribution is -0.118. The molecule has 0 spiro atoms. The van der Waals surface area contributed by atoms with Crippen molar-refractivity contribution in [2.24, 2.45) is 0 Å². The number of nitrogens with one attached hydrogen (secondary N) is 3. The van der Waals surface area contributed by atoms with Gasteiger partial charge < -0.3 is 4.98 Å². The van der Waals surface area contributed by atoms with Crippen LogP contribution in [-0.2, 0) is 31.3 Å². The van der Waals surface area contributed by atoms with E-state index in [1.165, 1.54) is 0 Å². The van der Waals surface area contributed by atoms with Crippen molar-refractivity contribution < 1.29 is 21.6 Å². The minimum Gasteiger partial charge on any atom is -0.341 e. The first-order valence-electron chi connectivity index (χ1n) is 12.9. The highest BCUT2D eigenvalue weighted by atomic mass is 32.2. The van der Waals surface area contributed by atoms with Crippen LogP contribution in [0.4, 0.5) is 0 Å². The Morgan fingerprint density at radius 2 is 1.51 bits per heavy atom. The van der Waals surface area contributed by atoms with Crippen molar-refractivity contribution in [3.63, 3.8) is 0 Å². The maximum atomic E-state index is 13.5. The van der Waals surface area contributed by atoms with Gasteiger partial charge in [0.2, 0.25) is 26.0 Å². The summed E-state index contributed by atoms with van der Waals surface area (Å²) in [5, 5.41) is -0.951. The summed E-state index contributed by atoms with van der Waals surface area (Å²) >= 11 is 0. The maximum absolute atomic E-state index is 13.5. The van der Waals surface area contributed by atoms with E-state index in [1.807, 2.05) is 59.3 Å². The van der Waals surface area contributed by atoms with Gasteiger partial charge >= 0.3 is 0 Å². The summed E-state index contributed by atoms with van der Waals surface area (Å²) in [5.41, 5.74) is 4.62. The van der Waals surface area contributed by atoms with Crippen molar-refractivity contribution in [2.75, 3.05) is 0 Å². The molecule has 1 aromatic heterocycles. The fraction of sp³-hybridized carbons (Fsp3) is 0.133. The molecule has 208 valence electrons. The SMILES string of the molecule is O=C1CC(c2ccc(C[C@H](NS(=O)(=O)c3ccc(-c4ccccc4)cc3)c3nc4ccccc4[nH]3)cc2)S(=O)(=O)N1. The highest BCUT2D eigenvalue weighted by Gasteiger charge is 2.37. The second-order valence-electron chi connectivity index (χ2n) is 9.91. The van der Waals surface area contributed by atoms with E-state index in [-0.39, 0.29) is 17.7 Å². The first-order chi connectivity index (χ1) is 19.7. The molecule has 6 rings (SSSR count). The number of aromatic nitrogens is 2. The van der Waals surface area contributed by atoms with Gasteiger partial charge in [-0.05, 0) is 52.9 Å². The van der Waals surface area contributed by atoms with Gasteiger partial charge in [-0.15, -0.1) is 0 Å². The molecule has 0 bridgehead atoms. The normalized spacial score (nSPS) is 17.4. The van der Waals surface area contributed by atoms with Gasteiger partial charge in [0.25, 0.3) is 0 Å². The van der Waals surface area contributed by atoms with Gasteiger partial charge in [-0.3, -0.25) is 9.52 Å². The van der Waals surface area contributed by atoms with E-state index in [1.54, 1.807) is 48.5 Å². The van der Waals surface area contributed by atoms with Crippen LogP contribution in [-0.4, -0.2) is 32.7 Å². The number of fused-ring (bicyclic) bond motifs is 1. The maximum Gasteiger partial charge on any atom is 0.242 e. The lowest BCUT2D eigenvalue weighted by Crippen LogP contribution is -2.31. The molecule has 1 fully saturated rings. The van der Waals surface area contributed by atoms with E-state index in [0.29, 0.717) is 16.9 Å². The van der Waals surface area contributed by atoms with Crippen molar-refractivity contribution in [2.45, 2.75) is 29.0 Å². The number of para-hydroxylation sites is 2. The molecule has 5 aromatic rings. The van der Waals surface area contributed by atoms with Crippen molar-refractivity contribution in [3.8, 4) is 11.1 Å². The highest BCUT2D eigenvalue weighted by Crippen LogP contribution is 2.31. The molecule has 3 N–H and O–H groups in total. The van der Waals surface area contributed by atoms with E-state index < -0.39 is 37.2 Å². The zero-order chi connectivity index (χ0) is 28.6. The fourth-order valence-corrected chi connectivity index (χ4v) is 7.62. The largest absolute Gasteiger partial charge is 0.341 e. The molecule has 11 heteroatoms. The van der Waals surface area contributed by atoms with Gasteiger partial charge in [0.15, 0.2) is 0 Å². The number of H-pyrrole nitrogens is 1. The summed E-state index contributed by atoms with van der Waals surface area (Å²) in [6.07, 6.45) is 0.113. The highest BCUT2D eigenvalue weighted by molar-refractivity contribution is 7.90. The number of carbonyl (C=O) groups excluding carboxylic acids is 1. The first kappa shape index (κ1) is 26.9. The van der Waals surface area contributed by atoms with Gasteiger partial charge in [-0.25, -0.2) is 26.5 Å². The summed E-state index contributed by atoms with van der Waals surface area (Å²) in [6.45, 7) is 0. The first-order valence-corrected chi connectivity index (χ1v) is 16.0. The number of nitrogens with zero attached hydrogens (tertiary/aromatic N) is 1. The third-order valence-electron chi connectivity index (χ3n) is 7.10. The van der Waals surface area contributed by atoms with Gasteiger partial charge in [-0.2, -0.15) is 0 Å². The summed E-state index contributed by atoms with van der Waals surface area (Å²) in [4.78, 5) is 19.7. The zero-order valence-electron chi connectivity index (χ0n) is 21.7. The summed E-state index contributed by atoms with van der Waals surface area (Å²) in [7, 11) is -7.71. The van der Waals surface area contributed by atoms with Crippen LogP contribution in [0.1, 0.15) is 34.7 Å². The summed E-state index contributed by atoms with van der Waals surface area (Å²) in [6, 6.07) is 29.9. The minimum absolute atomic E-state index is 0.122. The predicted octanol–water partition coefficient (Wildman–Crippen LogP) is 4.38. The van der Waals surface area contributed by atoms with Crippen LogP contribution in [0.15, 0.2) is 108 Å². The molecule has 2 atom stereocenters. The third-order valence-corrected chi connectivity index (χ3v) is 10.3. The Morgan fingerprint density at radius 1 is 0.854 bits per heavy atom. The molecule has 9 nitrogen and oxygen atoms in total. The molecule has 0 aliphatic carbocycles. The Labute approximate surface area is 237 Å². The molecule has 4 aromatic carbocycles. The topological polar surface area (TPSA) is 138 Å². The number of hydrogen-bond acceptors (Lipinski definition) is 6. The van der Waals surface area contributed by atoms with Crippen LogP contribution < -0.4 is 9.44 Å². The zero-order valence-corrected chi connectivity index (χ0v) is 23.3. The van der Waals surface area contributed by atoms with Crippen LogP contribution in [0.5, 0.6) is 0 Å². The number of aromatic amines is 1. The van der Waals surface area contributed by atoms with Gasteiger partial charge in [0.05, 0.1) is 28.4 Å². The van der Waals surface area contributed by atoms with Crippen LogP contribution >= 0.6 is 0 Å². The van der Waals surface area contributed by atoms with Gasteiger partial charge in [0.1, 0.15) is 11.1 Å². The molecule has 1 saturated heterocycles. The second kappa shape index (κ2) is 10.6. The monoisotopic (exact) mass is 586 g/mol. The Balaban J connectivity index is 1.29. The molecule has 1 unspecified atom stereocenters. The van der Waals surface area contributed by atoms with E-state index in [9.17, 15) is 21.6 Å². The van der Waals surface area contributed by atoms with E-state index in [2.05, 4.69) is 14.7 Å². The smallest absolute Gasteiger partial charge is 0.242 e. The second-order valence-corrected chi connectivity index (χ2v) is 13.5. The molecule has 41 heavy (non-hydrogen) atoms.